The third-order valence-corrected chi connectivity index (χ3v) is 23.8. The summed E-state index contributed by atoms with van der Waals surface area (Å²) in [5.74, 6) is -0.904. The molecule has 0 aromatic heterocycles. The van der Waals surface area contributed by atoms with E-state index < -0.39 is 65.2 Å². The van der Waals surface area contributed by atoms with Crippen molar-refractivity contribution in [3.05, 3.63) is 24.3 Å². The summed E-state index contributed by atoms with van der Waals surface area (Å²) in [4.78, 5) is 39.3. The molecule has 0 saturated heterocycles. The summed E-state index contributed by atoms with van der Waals surface area (Å²) in [5.41, 5.74) is -2.24. The van der Waals surface area contributed by atoms with Gasteiger partial charge in [-0.3, -0.25) is 0 Å². The Bertz CT molecular complexity index is 1080. The molecule has 2 atom stereocenters. The van der Waals surface area contributed by atoms with E-state index in [4.69, 9.17) is 18.9 Å². The van der Waals surface area contributed by atoms with Crippen LogP contribution in [0.4, 0.5) is 4.79 Å². The number of unbranched alkanes of at least 4 members (excludes halogenated alkanes) is 3. The predicted molar refractivity (Wildman–Crippen MR) is 199 cm³/mol. The average molecular weight is 783 g/mol. The van der Waals surface area contributed by atoms with Crippen LogP contribution in [0, 0.1) is 5.92 Å². The molecule has 0 heterocycles. The molecule has 276 valence electrons. The minimum atomic E-state index is -2.51. The first kappa shape index (κ1) is 44.1. The van der Waals surface area contributed by atoms with Gasteiger partial charge in [-0.05, 0) is 62.3 Å². The summed E-state index contributed by atoms with van der Waals surface area (Å²) in [7, 11) is 0. The molecule has 0 aliphatic heterocycles. The van der Waals surface area contributed by atoms with Crippen LogP contribution in [0.1, 0.15) is 141 Å². The van der Waals surface area contributed by atoms with Crippen LogP contribution in [0.2, 0.25) is 13.3 Å². The van der Waals surface area contributed by atoms with Crippen LogP contribution in [-0.2, 0) is 23.8 Å². The van der Waals surface area contributed by atoms with Crippen molar-refractivity contribution in [2.45, 2.75) is 177 Å². The molecule has 0 spiro atoms. The molecule has 0 aliphatic carbocycles. The first-order valence-corrected chi connectivity index (χ1v) is 25.9. The van der Waals surface area contributed by atoms with Gasteiger partial charge in [0, 0.05) is 0 Å². The van der Waals surface area contributed by atoms with Crippen LogP contribution in [-0.4, -0.2) is 65.9 Å². The number of esters is 2. The summed E-state index contributed by atoms with van der Waals surface area (Å²) >= 11 is -2.51. The molecule has 1 amide bonds. The normalized spacial score (nSPS) is 13.8. The number of carbonyl (C=O) groups excluding carboxylic acids is 3. The molecule has 1 rings (SSSR count). The third-order valence-electron chi connectivity index (χ3n) is 8.10. The summed E-state index contributed by atoms with van der Waals surface area (Å²) < 4.78 is 28.8. The summed E-state index contributed by atoms with van der Waals surface area (Å²) in [5, 5.41) is 2.65. The zero-order valence-electron chi connectivity index (χ0n) is 32.5. The Morgan fingerprint density at radius 1 is 0.667 bits per heavy atom. The second-order valence-electron chi connectivity index (χ2n) is 16.3. The summed E-state index contributed by atoms with van der Waals surface area (Å²) in [6, 6.07) is 7.83. The first-order chi connectivity index (χ1) is 22.2. The minimum absolute atomic E-state index is 0.0140. The molecule has 1 aromatic carbocycles. The number of rotatable bonds is 20. The van der Waals surface area contributed by atoms with Crippen LogP contribution in [0.3, 0.4) is 0 Å². The number of hydrogen-bond acceptors (Lipinski definition) is 7. The maximum absolute atomic E-state index is 13.4. The molecule has 1 aromatic rings. The van der Waals surface area contributed by atoms with E-state index in [1.807, 2.05) is 20.8 Å². The fourth-order valence-corrected chi connectivity index (χ4v) is 21.7. The Labute approximate surface area is 297 Å². The van der Waals surface area contributed by atoms with Gasteiger partial charge in [0.1, 0.15) is 11.2 Å². The molecule has 0 unspecified atom stereocenters. The van der Waals surface area contributed by atoms with Gasteiger partial charge in [-0.25, -0.2) is 9.59 Å². The second kappa shape index (κ2) is 20.6. The van der Waals surface area contributed by atoms with Crippen molar-refractivity contribution < 1.29 is 33.3 Å². The quantitative estimate of drug-likeness (QED) is 0.0609. The Kier molecular flexibility index (Phi) is 18.9. The molecular formula is C39H69NO7Sn. The van der Waals surface area contributed by atoms with Crippen molar-refractivity contribution in [1.29, 1.82) is 0 Å². The number of benzene rings is 1. The topological polar surface area (TPSA) is 100 Å². The van der Waals surface area contributed by atoms with E-state index >= 15 is 0 Å². The van der Waals surface area contributed by atoms with Gasteiger partial charge in [0.25, 0.3) is 0 Å². The molecule has 0 fully saturated rings. The summed E-state index contributed by atoms with van der Waals surface area (Å²) in [6.07, 6.45) is 7.95. The van der Waals surface area contributed by atoms with Gasteiger partial charge in [0.15, 0.2) is 0 Å². The van der Waals surface area contributed by atoms with Gasteiger partial charge < -0.3 is 9.47 Å². The van der Waals surface area contributed by atoms with Crippen LogP contribution in [0.5, 0.6) is 5.75 Å². The van der Waals surface area contributed by atoms with Crippen LogP contribution in [0.15, 0.2) is 24.3 Å². The number of alkyl carbamates (subject to hydrolysis) is 1. The fraction of sp³-hybridized carbons (Fsp3) is 0.769. The van der Waals surface area contributed by atoms with Gasteiger partial charge in [-0.2, -0.15) is 0 Å². The van der Waals surface area contributed by atoms with Gasteiger partial charge in [0.2, 0.25) is 0 Å². The van der Waals surface area contributed by atoms with E-state index in [0.717, 1.165) is 5.75 Å². The van der Waals surface area contributed by atoms with Crippen molar-refractivity contribution >= 4 is 40.0 Å². The Morgan fingerprint density at radius 2 is 1.12 bits per heavy atom. The first-order valence-electron chi connectivity index (χ1n) is 18.4. The van der Waals surface area contributed by atoms with Gasteiger partial charge in [-0.1, -0.05) is 0 Å². The van der Waals surface area contributed by atoms with Crippen molar-refractivity contribution in [2.75, 3.05) is 6.61 Å². The van der Waals surface area contributed by atoms with Crippen molar-refractivity contribution in [2.24, 2.45) is 5.92 Å². The monoisotopic (exact) mass is 783 g/mol. The number of hydrogen-bond donors (Lipinski definition) is 1. The maximum atomic E-state index is 13.4. The number of nitrogens with one attached hydrogen (secondary N) is 1. The molecule has 0 bridgehead atoms. The molecule has 0 saturated carbocycles. The predicted octanol–water partition coefficient (Wildman–Crippen LogP) is 9.48. The van der Waals surface area contributed by atoms with Crippen molar-refractivity contribution in [3.63, 3.8) is 0 Å². The van der Waals surface area contributed by atoms with E-state index in [9.17, 15) is 14.4 Å². The molecule has 48 heavy (non-hydrogen) atoms. The van der Waals surface area contributed by atoms with E-state index in [-0.39, 0.29) is 6.42 Å². The third kappa shape index (κ3) is 18.1. The standard InChI is InChI=1S/C27H42NO7.3C4H9.Sn/c1-25(2,3)33-22(29)19(14-13-17-32-20-15-11-10-12-16-20)18-21(23(30)34-26(4,5)6)28-24(31)35-27(7,8)9;3*1-3-4-2;/h11-12,15-16,19,21H,13-14,17-18H2,1-9H3,(H,28,31);3*1,3-4H2,2H3;/t19-,21-;;;;/m0..../s1. The SMILES string of the molecule is CCC[CH2][Sn]([CH2]CCC)([CH2]CCC)[c]1ccc(OCCC[C@@H](C[C@H](NC(=O)OC(C)(C)C)C(=O)OC(C)(C)C)C(=O)OC(C)(C)C)cc1. The van der Waals surface area contributed by atoms with Crippen molar-refractivity contribution in [3.8, 4) is 5.75 Å². The van der Waals surface area contributed by atoms with E-state index in [2.05, 4.69) is 50.4 Å². The van der Waals surface area contributed by atoms with Gasteiger partial charge >= 0.3 is 206 Å². The number of ether oxygens (including phenoxy) is 4. The number of carbonyl (C=O) groups is 3. The summed E-state index contributed by atoms with van der Waals surface area (Å²) in [6.45, 7) is 23.3. The van der Waals surface area contributed by atoms with Crippen LogP contribution in [0.25, 0.3) is 0 Å². The fourth-order valence-electron chi connectivity index (χ4n) is 5.82. The van der Waals surface area contributed by atoms with E-state index in [1.165, 1.54) is 51.8 Å². The molecular weight excluding hydrogens is 713 g/mol. The molecule has 0 aliphatic rings. The van der Waals surface area contributed by atoms with Crippen LogP contribution < -0.4 is 13.6 Å². The molecule has 8 nitrogen and oxygen atoms in total. The molecule has 0 radical (unpaired) electrons. The van der Waals surface area contributed by atoms with E-state index in [1.54, 1.807) is 45.1 Å². The van der Waals surface area contributed by atoms with Crippen molar-refractivity contribution in [1.82, 2.24) is 5.32 Å². The van der Waals surface area contributed by atoms with Gasteiger partial charge in [0.05, 0.1) is 0 Å². The Balaban J connectivity index is 3.11. The zero-order valence-corrected chi connectivity index (χ0v) is 35.4. The average Bonchev–Trinajstić information content (AvgIpc) is 2.95. The number of amides is 1. The Hall–Kier alpha value is -1.97. The van der Waals surface area contributed by atoms with Crippen LogP contribution >= 0.6 is 0 Å². The van der Waals surface area contributed by atoms with E-state index in [0.29, 0.717) is 19.4 Å². The second-order valence-corrected chi connectivity index (χ2v) is 29.5. The molecule has 9 heteroatoms. The Morgan fingerprint density at radius 3 is 1.56 bits per heavy atom. The molecule has 1 N–H and O–H groups in total. The zero-order chi connectivity index (χ0) is 36.6. The van der Waals surface area contributed by atoms with Gasteiger partial charge in [-0.15, -0.1) is 0 Å².